The van der Waals surface area contributed by atoms with E-state index in [0.29, 0.717) is 18.8 Å². The molecule has 1 amide bonds. The Balaban J connectivity index is 1.40. The third kappa shape index (κ3) is 5.85. The Morgan fingerprint density at radius 3 is 2.58 bits per heavy atom. The lowest BCUT2D eigenvalue weighted by Crippen LogP contribution is -2.41. The van der Waals surface area contributed by atoms with Gasteiger partial charge in [0.2, 0.25) is 0 Å². The van der Waals surface area contributed by atoms with Crippen LogP contribution >= 0.6 is 0 Å². The molecule has 2 saturated heterocycles. The number of alkyl halides is 3. The Labute approximate surface area is 218 Å². The first-order valence-corrected chi connectivity index (χ1v) is 12.9. The summed E-state index contributed by atoms with van der Waals surface area (Å²) < 4.78 is 61.6. The molecule has 0 bridgehead atoms. The van der Waals surface area contributed by atoms with Crippen molar-refractivity contribution >= 4 is 6.09 Å². The number of nitrogens with zero attached hydrogens (tertiary/aromatic N) is 3. The Morgan fingerprint density at radius 1 is 1.08 bits per heavy atom. The van der Waals surface area contributed by atoms with Gasteiger partial charge in [0.1, 0.15) is 18.2 Å². The van der Waals surface area contributed by atoms with Gasteiger partial charge in [0.25, 0.3) is 0 Å². The zero-order valence-corrected chi connectivity index (χ0v) is 20.9. The zero-order chi connectivity index (χ0) is 26.7. The summed E-state index contributed by atoms with van der Waals surface area (Å²) in [5.41, 5.74) is 0.174. The first-order chi connectivity index (χ1) is 18.3. The third-order valence-electron chi connectivity index (χ3n) is 7.29. The lowest BCUT2D eigenvalue weighted by molar-refractivity contribution is -0.139. The number of amides is 1. The van der Waals surface area contributed by atoms with Gasteiger partial charge in [0, 0.05) is 30.8 Å². The first-order valence-electron chi connectivity index (χ1n) is 12.9. The molecule has 2 aliphatic rings. The number of piperidine rings is 2. The van der Waals surface area contributed by atoms with E-state index in [2.05, 4.69) is 5.32 Å². The van der Waals surface area contributed by atoms with Crippen molar-refractivity contribution in [3.63, 3.8) is 0 Å². The number of hydrogen-bond donors (Lipinski definition) is 1. The molecule has 0 unspecified atom stereocenters. The van der Waals surface area contributed by atoms with Crippen LogP contribution in [-0.4, -0.2) is 46.7 Å². The van der Waals surface area contributed by atoms with E-state index >= 15 is 0 Å². The fraction of sp³-hybridized carbons (Fsp3) is 0.429. The highest BCUT2D eigenvalue weighted by Crippen LogP contribution is 2.37. The summed E-state index contributed by atoms with van der Waals surface area (Å²) >= 11 is 0. The molecule has 1 atom stereocenters. The number of rotatable bonds is 5. The van der Waals surface area contributed by atoms with Crippen molar-refractivity contribution in [2.45, 2.75) is 50.4 Å². The number of likely N-dealkylation sites (tertiary alicyclic amines) is 1. The van der Waals surface area contributed by atoms with Crippen LogP contribution in [0.15, 0.2) is 54.7 Å². The number of hydrogen-bond acceptors (Lipinski definition) is 4. The molecule has 5 rings (SSSR count). The van der Waals surface area contributed by atoms with Crippen molar-refractivity contribution in [2.24, 2.45) is 0 Å². The van der Waals surface area contributed by atoms with Crippen LogP contribution in [0.4, 0.5) is 22.4 Å². The monoisotopic (exact) mass is 530 g/mol. The summed E-state index contributed by atoms with van der Waals surface area (Å²) in [4.78, 5) is 19.3. The maximum Gasteiger partial charge on any atom is 0.419 e. The second-order valence-electron chi connectivity index (χ2n) is 9.89. The molecule has 2 aromatic carbocycles. The fourth-order valence-electron chi connectivity index (χ4n) is 5.28. The Hall–Kier alpha value is -3.40. The molecule has 2 fully saturated rings. The minimum Gasteiger partial charge on any atom is -0.445 e. The quantitative estimate of drug-likeness (QED) is 0.402. The second-order valence-corrected chi connectivity index (χ2v) is 9.89. The maximum atomic E-state index is 13.9. The summed E-state index contributed by atoms with van der Waals surface area (Å²) in [6.45, 7) is 2.82. The lowest BCUT2D eigenvalue weighted by atomic mass is 9.96. The predicted molar refractivity (Wildman–Crippen MR) is 134 cm³/mol. The van der Waals surface area contributed by atoms with Crippen LogP contribution in [0.5, 0.6) is 0 Å². The SMILES string of the molecule is O=C(OCc1ccccc1)N1CCC[C@@H](n2cc(-c3ccc(F)c(C(F)(F)F)c3)nc2C2CCNCC2)C1. The number of carbonyl (C=O) groups is 1. The van der Waals surface area contributed by atoms with Crippen LogP contribution in [0.2, 0.25) is 0 Å². The fourth-order valence-corrected chi connectivity index (χ4v) is 5.28. The van der Waals surface area contributed by atoms with Crippen molar-refractivity contribution < 1.29 is 27.1 Å². The number of halogens is 4. The zero-order valence-electron chi connectivity index (χ0n) is 20.9. The molecular weight excluding hydrogens is 500 g/mol. The van der Waals surface area contributed by atoms with E-state index in [0.717, 1.165) is 62.3 Å². The molecule has 38 heavy (non-hydrogen) atoms. The molecule has 1 N–H and O–H groups in total. The van der Waals surface area contributed by atoms with Gasteiger partial charge in [0.15, 0.2) is 0 Å². The van der Waals surface area contributed by atoms with Crippen molar-refractivity contribution in [2.75, 3.05) is 26.2 Å². The summed E-state index contributed by atoms with van der Waals surface area (Å²) in [6.07, 6.45) is -0.173. The molecule has 2 aliphatic heterocycles. The van der Waals surface area contributed by atoms with Gasteiger partial charge in [-0.1, -0.05) is 30.3 Å². The van der Waals surface area contributed by atoms with Gasteiger partial charge in [-0.2, -0.15) is 13.2 Å². The average molecular weight is 531 g/mol. The van der Waals surface area contributed by atoms with Crippen LogP contribution in [0.3, 0.4) is 0 Å². The van der Waals surface area contributed by atoms with E-state index in [9.17, 15) is 22.4 Å². The average Bonchev–Trinajstić information content (AvgIpc) is 3.38. The Bertz CT molecular complexity index is 1260. The number of aromatic nitrogens is 2. The molecule has 3 heterocycles. The summed E-state index contributed by atoms with van der Waals surface area (Å²) in [6, 6.07) is 12.4. The normalized spacial score (nSPS) is 18.9. The molecule has 202 valence electrons. The van der Waals surface area contributed by atoms with Crippen molar-refractivity contribution in [1.29, 1.82) is 0 Å². The number of carbonyl (C=O) groups excluding carboxylic acids is 1. The summed E-state index contributed by atoms with van der Waals surface area (Å²) in [5, 5.41) is 3.33. The molecular formula is C28H30F4N4O2. The second kappa shape index (κ2) is 11.1. The number of ether oxygens (including phenoxy) is 1. The predicted octanol–water partition coefficient (Wildman–Crippen LogP) is 6.15. The van der Waals surface area contributed by atoms with Crippen molar-refractivity contribution in [3.05, 3.63) is 77.5 Å². The Kier molecular flexibility index (Phi) is 7.69. The van der Waals surface area contributed by atoms with E-state index in [4.69, 9.17) is 9.72 Å². The molecule has 6 nitrogen and oxygen atoms in total. The smallest absolute Gasteiger partial charge is 0.419 e. The van der Waals surface area contributed by atoms with Crippen LogP contribution in [0.1, 0.15) is 54.6 Å². The number of imidazole rings is 1. The lowest BCUT2D eigenvalue weighted by Gasteiger charge is -2.34. The Morgan fingerprint density at radius 2 is 1.84 bits per heavy atom. The molecule has 1 aromatic heterocycles. The van der Waals surface area contributed by atoms with Gasteiger partial charge in [-0.15, -0.1) is 0 Å². The number of benzene rings is 2. The van der Waals surface area contributed by atoms with Crippen molar-refractivity contribution in [1.82, 2.24) is 19.8 Å². The molecule has 3 aromatic rings. The highest BCUT2D eigenvalue weighted by molar-refractivity contribution is 5.68. The minimum atomic E-state index is -4.80. The van der Waals surface area contributed by atoms with E-state index in [1.807, 2.05) is 34.9 Å². The van der Waals surface area contributed by atoms with Crippen LogP contribution in [0, 0.1) is 5.82 Å². The highest BCUT2D eigenvalue weighted by Gasteiger charge is 2.35. The highest BCUT2D eigenvalue weighted by atomic mass is 19.4. The van der Waals surface area contributed by atoms with Gasteiger partial charge in [-0.3, -0.25) is 0 Å². The van der Waals surface area contributed by atoms with Crippen molar-refractivity contribution in [3.8, 4) is 11.3 Å². The molecule has 0 saturated carbocycles. The van der Waals surface area contributed by atoms with Gasteiger partial charge in [-0.05, 0) is 62.5 Å². The van der Waals surface area contributed by atoms with E-state index in [1.54, 1.807) is 11.1 Å². The van der Waals surface area contributed by atoms with Crippen LogP contribution in [-0.2, 0) is 17.5 Å². The number of nitrogens with one attached hydrogen (secondary N) is 1. The molecule has 10 heteroatoms. The van der Waals surface area contributed by atoms with Gasteiger partial charge >= 0.3 is 12.3 Å². The summed E-state index contributed by atoms with van der Waals surface area (Å²) in [5.74, 6) is -0.381. The topological polar surface area (TPSA) is 59.4 Å². The van der Waals surface area contributed by atoms with E-state index in [1.165, 1.54) is 6.07 Å². The van der Waals surface area contributed by atoms with E-state index in [-0.39, 0.29) is 24.1 Å². The molecule has 0 radical (unpaired) electrons. The summed E-state index contributed by atoms with van der Waals surface area (Å²) in [7, 11) is 0. The standard InChI is InChI=1S/C28H30F4N4O2/c29-24-9-8-21(15-23(24)28(30,31)32)25-17-36(26(34-25)20-10-12-33-13-11-20)22-7-4-14-35(16-22)27(37)38-18-19-5-2-1-3-6-19/h1-3,5-6,8-9,15,17,20,22,33H,4,7,10-14,16,18H2/t22-/m1/s1. The van der Waals surface area contributed by atoms with Crippen LogP contribution < -0.4 is 5.32 Å². The van der Waals surface area contributed by atoms with Gasteiger partial charge in [-0.25, -0.2) is 14.2 Å². The first kappa shape index (κ1) is 26.2. The molecule has 0 spiro atoms. The largest absolute Gasteiger partial charge is 0.445 e. The maximum absolute atomic E-state index is 13.9. The minimum absolute atomic E-state index is 0.0957. The van der Waals surface area contributed by atoms with Crippen LogP contribution in [0.25, 0.3) is 11.3 Å². The van der Waals surface area contributed by atoms with Gasteiger partial charge in [0.05, 0.1) is 17.3 Å². The third-order valence-corrected chi connectivity index (χ3v) is 7.29. The molecule has 0 aliphatic carbocycles. The van der Waals surface area contributed by atoms with E-state index < -0.39 is 23.7 Å². The van der Waals surface area contributed by atoms with Gasteiger partial charge < -0.3 is 19.5 Å².